The van der Waals surface area contributed by atoms with Crippen LogP contribution in [-0.2, 0) is 11.3 Å². The van der Waals surface area contributed by atoms with Gasteiger partial charge in [-0.15, -0.1) is 0 Å². The zero-order valence-corrected chi connectivity index (χ0v) is 10.9. The average molecular weight is 265 g/mol. The van der Waals surface area contributed by atoms with Crippen LogP contribution in [0, 0.1) is 6.92 Å². The van der Waals surface area contributed by atoms with Crippen LogP contribution in [0.4, 0.5) is 0 Å². The molecule has 0 aliphatic heterocycles. The van der Waals surface area contributed by atoms with Crippen LogP contribution in [0.25, 0.3) is 0 Å². The molecule has 0 saturated heterocycles. The highest BCUT2D eigenvalue weighted by atomic mass is 35.5. The molecule has 0 aliphatic rings. The predicted octanol–water partition coefficient (Wildman–Crippen LogP) is 3.38. The van der Waals surface area contributed by atoms with Gasteiger partial charge in [0.25, 0.3) is 0 Å². The number of nitrogens with zero attached hydrogens (tertiary/aromatic N) is 2. The molecule has 2 rings (SSSR count). The summed E-state index contributed by atoms with van der Waals surface area (Å²) in [6, 6.07) is 9.20. The van der Waals surface area contributed by atoms with Gasteiger partial charge in [0.05, 0.1) is 6.61 Å². The Morgan fingerprint density at radius 3 is 2.78 bits per heavy atom. The second kappa shape index (κ2) is 5.80. The third-order valence-corrected chi connectivity index (χ3v) is 2.41. The predicted molar refractivity (Wildman–Crippen MR) is 69.0 cm³/mol. The molecule has 18 heavy (non-hydrogen) atoms. The first kappa shape index (κ1) is 12.8. The normalized spacial score (nSPS) is 10.4. The van der Waals surface area contributed by atoms with Crippen molar-refractivity contribution in [3.05, 3.63) is 46.9 Å². The molecule has 1 aromatic carbocycles. The molecule has 1 heterocycles. The molecule has 2 aromatic rings. The summed E-state index contributed by atoms with van der Waals surface area (Å²) >= 11 is 5.85. The molecular formula is C13H13ClN2O2. The highest BCUT2D eigenvalue weighted by molar-refractivity contribution is 6.29. The minimum Gasteiger partial charge on any atom is -0.439 e. The first-order valence-corrected chi connectivity index (χ1v) is 5.82. The third kappa shape index (κ3) is 3.42. The lowest BCUT2D eigenvalue weighted by molar-refractivity contribution is 0.184. The van der Waals surface area contributed by atoms with Crippen molar-refractivity contribution in [2.24, 2.45) is 0 Å². The molecule has 0 bridgehead atoms. The summed E-state index contributed by atoms with van der Waals surface area (Å²) in [7, 11) is 1.65. The summed E-state index contributed by atoms with van der Waals surface area (Å²) in [5.41, 5.74) is 1.03. The van der Waals surface area contributed by atoms with Crippen LogP contribution >= 0.6 is 11.6 Å². The van der Waals surface area contributed by atoms with Crippen molar-refractivity contribution in [1.29, 1.82) is 0 Å². The number of aryl methyl sites for hydroxylation is 1. The lowest BCUT2D eigenvalue weighted by Gasteiger charge is -2.07. The maximum Gasteiger partial charge on any atom is 0.224 e. The van der Waals surface area contributed by atoms with Gasteiger partial charge in [0.1, 0.15) is 16.7 Å². The average Bonchev–Trinajstić information content (AvgIpc) is 2.28. The van der Waals surface area contributed by atoms with Gasteiger partial charge in [-0.25, -0.2) is 4.98 Å². The minimum atomic E-state index is 0.366. The number of benzene rings is 1. The Morgan fingerprint density at radius 2 is 2.06 bits per heavy atom. The molecule has 5 heteroatoms. The Balaban J connectivity index is 2.20. The Bertz CT molecular complexity index is 526. The second-order valence-corrected chi connectivity index (χ2v) is 4.15. The third-order valence-electron chi connectivity index (χ3n) is 2.22. The monoisotopic (exact) mass is 264 g/mol. The Morgan fingerprint density at radius 1 is 1.22 bits per heavy atom. The van der Waals surface area contributed by atoms with E-state index in [0.717, 1.165) is 5.56 Å². The molecule has 0 aliphatic carbocycles. The van der Waals surface area contributed by atoms with Gasteiger partial charge in [-0.3, -0.25) is 0 Å². The van der Waals surface area contributed by atoms with E-state index in [4.69, 9.17) is 21.1 Å². The Kier molecular flexibility index (Phi) is 4.12. The lowest BCUT2D eigenvalue weighted by atomic mass is 10.2. The molecule has 0 fully saturated rings. The van der Waals surface area contributed by atoms with Crippen molar-refractivity contribution < 1.29 is 9.47 Å². The molecule has 4 nitrogen and oxygen atoms in total. The fourth-order valence-corrected chi connectivity index (χ4v) is 1.76. The quantitative estimate of drug-likeness (QED) is 0.794. The summed E-state index contributed by atoms with van der Waals surface area (Å²) in [4.78, 5) is 8.13. The molecule has 0 saturated carbocycles. The van der Waals surface area contributed by atoms with Crippen LogP contribution in [0.3, 0.4) is 0 Å². The summed E-state index contributed by atoms with van der Waals surface area (Å²) in [5.74, 6) is 1.70. The maximum atomic E-state index is 5.85. The molecule has 1 aromatic heterocycles. The van der Waals surface area contributed by atoms with E-state index >= 15 is 0 Å². The highest BCUT2D eigenvalue weighted by Crippen LogP contribution is 2.22. The standard InChI is InChI=1S/C13H13ClN2O2/c1-9-15-12(14)7-13(16-9)18-11-5-3-4-10(6-11)8-17-2/h3-7H,8H2,1-2H3. The summed E-state index contributed by atoms with van der Waals surface area (Å²) in [6.45, 7) is 2.31. The number of aromatic nitrogens is 2. The van der Waals surface area contributed by atoms with Crippen molar-refractivity contribution in [3.63, 3.8) is 0 Å². The summed E-state index contributed by atoms with van der Waals surface area (Å²) in [6.07, 6.45) is 0. The van der Waals surface area contributed by atoms with Crippen LogP contribution < -0.4 is 4.74 Å². The summed E-state index contributed by atoms with van der Waals surface area (Å²) in [5, 5.41) is 0.366. The number of halogens is 1. The van der Waals surface area contributed by atoms with Crippen LogP contribution in [0.2, 0.25) is 5.15 Å². The number of methoxy groups -OCH3 is 1. The van der Waals surface area contributed by atoms with Crippen LogP contribution in [-0.4, -0.2) is 17.1 Å². The van der Waals surface area contributed by atoms with Crippen LogP contribution in [0.15, 0.2) is 30.3 Å². The van der Waals surface area contributed by atoms with Gasteiger partial charge < -0.3 is 9.47 Å². The molecule has 0 unspecified atom stereocenters. The van der Waals surface area contributed by atoms with E-state index in [1.54, 1.807) is 20.1 Å². The van der Waals surface area contributed by atoms with Crippen LogP contribution in [0.1, 0.15) is 11.4 Å². The van der Waals surface area contributed by atoms with Crippen molar-refractivity contribution >= 4 is 11.6 Å². The Hall–Kier alpha value is -1.65. The number of ether oxygens (including phenoxy) is 2. The molecule has 0 spiro atoms. The number of hydrogen-bond donors (Lipinski definition) is 0. The smallest absolute Gasteiger partial charge is 0.224 e. The van der Waals surface area contributed by atoms with E-state index in [0.29, 0.717) is 29.2 Å². The van der Waals surface area contributed by atoms with Crippen molar-refractivity contribution in [1.82, 2.24) is 9.97 Å². The van der Waals surface area contributed by atoms with Crippen molar-refractivity contribution in [3.8, 4) is 11.6 Å². The van der Waals surface area contributed by atoms with Crippen molar-refractivity contribution in [2.75, 3.05) is 7.11 Å². The zero-order chi connectivity index (χ0) is 13.0. The minimum absolute atomic E-state index is 0.366. The van der Waals surface area contributed by atoms with E-state index in [-0.39, 0.29) is 0 Å². The van der Waals surface area contributed by atoms with E-state index < -0.39 is 0 Å². The first-order chi connectivity index (χ1) is 8.67. The molecular weight excluding hydrogens is 252 g/mol. The van der Waals surface area contributed by atoms with Gasteiger partial charge >= 0.3 is 0 Å². The molecule has 94 valence electrons. The van der Waals surface area contributed by atoms with Gasteiger partial charge in [-0.1, -0.05) is 23.7 Å². The number of hydrogen-bond acceptors (Lipinski definition) is 4. The second-order valence-electron chi connectivity index (χ2n) is 3.76. The van der Waals surface area contributed by atoms with Gasteiger partial charge in [-0.2, -0.15) is 4.98 Å². The topological polar surface area (TPSA) is 44.2 Å². The summed E-state index contributed by atoms with van der Waals surface area (Å²) < 4.78 is 10.7. The maximum absolute atomic E-state index is 5.85. The van der Waals surface area contributed by atoms with Crippen molar-refractivity contribution in [2.45, 2.75) is 13.5 Å². The fraction of sp³-hybridized carbons (Fsp3) is 0.231. The SMILES string of the molecule is COCc1cccc(Oc2cc(Cl)nc(C)n2)c1. The fourth-order valence-electron chi connectivity index (χ4n) is 1.54. The first-order valence-electron chi connectivity index (χ1n) is 5.44. The molecule has 0 radical (unpaired) electrons. The van der Waals surface area contributed by atoms with Crippen LogP contribution in [0.5, 0.6) is 11.6 Å². The lowest BCUT2D eigenvalue weighted by Crippen LogP contribution is -1.94. The van der Waals surface area contributed by atoms with Gasteiger partial charge in [0, 0.05) is 13.2 Å². The number of rotatable bonds is 4. The molecule has 0 N–H and O–H groups in total. The molecule has 0 atom stereocenters. The zero-order valence-electron chi connectivity index (χ0n) is 10.2. The van der Waals surface area contributed by atoms with Gasteiger partial charge in [-0.05, 0) is 24.6 Å². The van der Waals surface area contributed by atoms with E-state index in [1.165, 1.54) is 0 Å². The largest absolute Gasteiger partial charge is 0.439 e. The Labute approximate surface area is 111 Å². The van der Waals surface area contributed by atoms with Gasteiger partial charge in [0.15, 0.2) is 0 Å². The highest BCUT2D eigenvalue weighted by Gasteiger charge is 2.03. The van der Waals surface area contributed by atoms with E-state index in [9.17, 15) is 0 Å². The van der Waals surface area contributed by atoms with Gasteiger partial charge in [0.2, 0.25) is 5.88 Å². The van der Waals surface area contributed by atoms with E-state index in [2.05, 4.69) is 9.97 Å². The van der Waals surface area contributed by atoms with E-state index in [1.807, 2.05) is 24.3 Å². The molecule has 0 amide bonds.